The highest BCUT2D eigenvalue weighted by Gasteiger charge is 2.29. The second kappa shape index (κ2) is 4.71. The molecule has 0 aromatic heterocycles. The molecule has 4 N–H and O–H groups in total. The zero-order valence-corrected chi connectivity index (χ0v) is 7.67. The molecule has 0 saturated heterocycles. The van der Waals surface area contributed by atoms with Crippen molar-refractivity contribution >= 4 is 17.6 Å². The first-order valence-electron chi connectivity index (χ1n) is 4.44. The maximum absolute atomic E-state index is 11.0. The van der Waals surface area contributed by atoms with Crippen LogP contribution in [0.25, 0.3) is 0 Å². The van der Waals surface area contributed by atoms with Crippen molar-refractivity contribution in [3.63, 3.8) is 0 Å². The first kappa shape index (κ1) is 10.6. The maximum atomic E-state index is 11.0. The minimum atomic E-state index is -1.22. The number of carboxylic acids is 1. The molecule has 0 aromatic carbocycles. The predicted octanol–water partition coefficient (Wildman–Crippen LogP) is -0.488. The summed E-state index contributed by atoms with van der Waals surface area (Å²) in [4.78, 5) is 21.2. The molecule has 0 atom stereocenters. The number of nitrogens with one attached hydrogen (secondary N) is 3. The summed E-state index contributed by atoms with van der Waals surface area (Å²) in [5.41, 5.74) is 4.69. The molecule has 0 aliphatic heterocycles. The Kier molecular flexibility index (Phi) is 3.58. The lowest BCUT2D eigenvalue weighted by molar-refractivity contribution is -0.129. The molecule has 0 bridgehead atoms. The molecule has 0 heterocycles. The summed E-state index contributed by atoms with van der Waals surface area (Å²) >= 11 is 0. The van der Waals surface area contributed by atoms with Gasteiger partial charge in [-0.05, 0) is 12.8 Å². The normalized spacial score (nSPS) is 14.9. The summed E-state index contributed by atoms with van der Waals surface area (Å²) in [5, 5.41) is 15.3. The second-order valence-corrected chi connectivity index (χ2v) is 3.22. The van der Waals surface area contributed by atoms with Crippen LogP contribution in [0.15, 0.2) is 0 Å². The standard InChI is InChI=1S/C8H13N3O3/c9-6(8(13)14)3-4-10-11-7(12)5-1-2-5/h5,9-10H,1-4H2,(H,11,12)(H,13,14). The van der Waals surface area contributed by atoms with Crippen LogP contribution in [-0.2, 0) is 9.59 Å². The third kappa shape index (κ3) is 3.53. The van der Waals surface area contributed by atoms with Crippen LogP contribution in [0.3, 0.4) is 0 Å². The Bertz CT molecular complexity index is 261. The quantitative estimate of drug-likeness (QED) is 0.263. The number of carboxylic acid groups (broad SMARTS) is 1. The Labute approximate surface area is 81.2 Å². The van der Waals surface area contributed by atoms with Gasteiger partial charge in [-0.2, -0.15) is 0 Å². The fourth-order valence-electron chi connectivity index (χ4n) is 0.892. The van der Waals surface area contributed by atoms with Gasteiger partial charge in [-0.25, -0.2) is 10.2 Å². The van der Waals surface area contributed by atoms with Gasteiger partial charge >= 0.3 is 5.97 Å². The van der Waals surface area contributed by atoms with Gasteiger partial charge in [0.15, 0.2) is 0 Å². The van der Waals surface area contributed by atoms with E-state index < -0.39 is 5.97 Å². The Morgan fingerprint density at radius 3 is 2.57 bits per heavy atom. The van der Waals surface area contributed by atoms with Gasteiger partial charge in [-0.3, -0.25) is 15.6 Å². The average Bonchev–Trinajstić information content (AvgIpc) is 2.94. The highest BCUT2D eigenvalue weighted by Crippen LogP contribution is 2.28. The van der Waals surface area contributed by atoms with Crippen LogP contribution in [0.2, 0.25) is 0 Å². The topological polar surface area (TPSA) is 102 Å². The van der Waals surface area contributed by atoms with Crippen molar-refractivity contribution in [2.24, 2.45) is 5.92 Å². The average molecular weight is 199 g/mol. The first-order chi connectivity index (χ1) is 6.61. The van der Waals surface area contributed by atoms with E-state index in [1.807, 2.05) is 0 Å². The lowest BCUT2D eigenvalue weighted by atomic mass is 10.3. The summed E-state index contributed by atoms with van der Waals surface area (Å²) in [5.74, 6) is -1.14. The largest absolute Gasteiger partial charge is 0.477 e. The van der Waals surface area contributed by atoms with Gasteiger partial charge in [-0.15, -0.1) is 0 Å². The van der Waals surface area contributed by atoms with E-state index in [1.54, 1.807) is 0 Å². The number of rotatable bonds is 6. The molecule has 14 heavy (non-hydrogen) atoms. The summed E-state index contributed by atoms with van der Waals surface area (Å²) in [6.07, 6.45) is 1.96. The molecule has 6 heteroatoms. The molecular formula is C8H13N3O3. The fourth-order valence-corrected chi connectivity index (χ4v) is 0.892. The van der Waals surface area contributed by atoms with E-state index in [-0.39, 0.29) is 30.5 Å². The summed E-state index contributed by atoms with van der Waals surface area (Å²) in [6.45, 7) is 0.267. The van der Waals surface area contributed by atoms with Gasteiger partial charge in [0.05, 0.1) is 0 Å². The Morgan fingerprint density at radius 1 is 1.43 bits per heavy atom. The third-order valence-electron chi connectivity index (χ3n) is 1.92. The Balaban J connectivity index is 2.01. The molecular weight excluding hydrogens is 186 g/mol. The molecule has 1 rings (SSSR count). The highest BCUT2D eigenvalue weighted by atomic mass is 16.4. The van der Waals surface area contributed by atoms with Crippen molar-refractivity contribution in [3.8, 4) is 0 Å². The number of amides is 1. The van der Waals surface area contributed by atoms with Gasteiger partial charge in [0.2, 0.25) is 5.91 Å². The van der Waals surface area contributed by atoms with Crippen molar-refractivity contribution < 1.29 is 14.7 Å². The fraction of sp³-hybridized carbons (Fsp3) is 0.625. The Hall–Kier alpha value is -1.43. The van der Waals surface area contributed by atoms with Crippen molar-refractivity contribution in [2.45, 2.75) is 19.3 Å². The van der Waals surface area contributed by atoms with Gasteiger partial charge in [0.1, 0.15) is 5.71 Å². The molecule has 1 aliphatic carbocycles. The number of carbonyl (C=O) groups excluding carboxylic acids is 1. The molecule has 0 radical (unpaired) electrons. The molecule has 0 spiro atoms. The van der Waals surface area contributed by atoms with Crippen LogP contribution < -0.4 is 10.9 Å². The monoisotopic (exact) mass is 199 g/mol. The van der Waals surface area contributed by atoms with Crippen LogP contribution in [0.4, 0.5) is 0 Å². The van der Waals surface area contributed by atoms with Crippen LogP contribution in [0.5, 0.6) is 0 Å². The van der Waals surface area contributed by atoms with Gasteiger partial charge in [0.25, 0.3) is 0 Å². The van der Waals surface area contributed by atoms with Crippen molar-refractivity contribution in [1.82, 2.24) is 10.9 Å². The van der Waals surface area contributed by atoms with Crippen molar-refractivity contribution in [1.29, 1.82) is 5.41 Å². The van der Waals surface area contributed by atoms with Gasteiger partial charge in [-0.1, -0.05) is 0 Å². The van der Waals surface area contributed by atoms with Crippen LogP contribution >= 0.6 is 0 Å². The van der Waals surface area contributed by atoms with Gasteiger partial charge < -0.3 is 5.11 Å². The van der Waals surface area contributed by atoms with Crippen molar-refractivity contribution in [2.75, 3.05) is 6.54 Å². The Morgan fingerprint density at radius 2 is 2.07 bits per heavy atom. The minimum Gasteiger partial charge on any atom is -0.477 e. The molecule has 1 aliphatic rings. The molecule has 1 saturated carbocycles. The minimum absolute atomic E-state index is 0.0492. The molecule has 1 fully saturated rings. The molecule has 6 nitrogen and oxygen atoms in total. The number of hydrazine groups is 1. The number of hydrogen-bond acceptors (Lipinski definition) is 4. The maximum Gasteiger partial charge on any atom is 0.349 e. The van der Waals surface area contributed by atoms with E-state index in [2.05, 4.69) is 10.9 Å². The molecule has 78 valence electrons. The first-order valence-corrected chi connectivity index (χ1v) is 4.44. The summed E-state index contributed by atoms with van der Waals surface area (Å²) < 4.78 is 0. The van der Waals surface area contributed by atoms with Crippen molar-refractivity contribution in [3.05, 3.63) is 0 Å². The van der Waals surface area contributed by atoms with E-state index in [0.717, 1.165) is 12.8 Å². The number of aliphatic carboxylic acids is 1. The van der Waals surface area contributed by atoms with E-state index >= 15 is 0 Å². The summed E-state index contributed by atoms with van der Waals surface area (Å²) in [7, 11) is 0. The second-order valence-electron chi connectivity index (χ2n) is 3.22. The van der Waals surface area contributed by atoms with Crippen LogP contribution in [-0.4, -0.2) is 29.2 Å². The van der Waals surface area contributed by atoms with E-state index in [1.165, 1.54) is 0 Å². The molecule has 0 aromatic rings. The molecule has 0 unspecified atom stereocenters. The molecule has 1 amide bonds. The van der Waals surface area contributed by atoms with Crippen LogP contribution in [0.1, 0.15) is 19.3 Å². The predicted molar refractivity (Wildman–Crippen MR) is 48.8 cm³/mol. The number of hydrogen-bond donors (Lipinski definition) is 4. The van der Waals surface area contributed by atoms with E-state index in [9.17, 15) is 9.59 Å². The SMILES string of the molecule is N=C(CCNNC(=O)C1CC1)C(=O)O. The highest BCUT2D eigenvalue weighted by molar-refractivity contribution is 6.34. The number of carbonyl (C=O) groups is 2. The zero-order chi connectivity index (χ0) is 10.6. The lowest BCUT2D eigenvalue weighted by Gasteiger charge is -2.05. The van der Waals surface area contributed by atoms with E-state index in [4.69, 9.17) is 10.5 Å². The van der Waals surface area contributed by atoms with Gasteiger partial charge in [0, 0.05) is 18.9 Å². The third-order valence-corrected chi connectivity index (χ3v) is 1.92. The van der Waals surface area contributed by atoms with E-state index in [0.29, 0.717) is 0 Å². The zero-order valence-electron chi connectivity index (χ0n) is 7.67. The summed E-state index contributed by atoms with van der Waals surface area (Å²) in [6, 6.07) is 0. The lowest BCUT2D eigenvalue weighted by Crippen LogP contribution is -2.39. The van der Waals surface area contributed by atoms with Crippen LogP contribution in [0, 0.1) is 11.3 Å². The smallest absolute Gasteiger partial charge is 0.349 e.